The number of pyridine rings is 1. The van der Waals surface area contributed by atoms with Crippen LogP contribution in [0, 0.1) is 5.92 Å². The van der Waals surface area contributed by atoms with E-state index in [1.807, 2.05) is 48.5 Å². The quantitative estimate of drug-likeness (QED) is 0.222. The van der Waals surface area contributed by atoms with E-state index in [2.05, 4.69) is 10.2 Å². The summed E-state index contributed by atoms with van der Waals surface area (Å²) in [5, 5.41) is 3.46. The van der Waals surface area contributed by atoms with Gasteiger partial charge >= 0.3 is 0 Å². The number of aromatic nitrogens is 1. The number of methoxy groups -OCH3 is 4. The minimum Gasteiger partial charge on any atom is -0.497 e. The summed E-state index contributed by atoms with van der Waals surface area (Å²) in [5.74, 6) is 3.33. The number of amides is 1. The van der Waals surface area contributed by atoms with E-state index >= 15 is 0 Å². The van der Waals surface area contributed by atoms with Gasteiger partial charge in [-0.3, -0.25) is 9.78 Å². The van der Waals surface area contributed by atoms with Crippen molar-refractivity contribution in [2.24, 2.45) is 5.92 Å². The Morgan fingerprint density at radius 2 is 1.51 bits per heavy atom. The van der Waals surface area contributed by atoms with Crippen molar-refractivity contribution in [3.8, 4) is 28.7 Å². The minimum absolute atomic E-state index is 0.00171. The van der Waals surface area contributed by atoms with Crippen molar-refractivity contribution in [2.75, 3.05) is 54.7 Å². The van der Waals surface area contributed by atoms with Gasteiger partial charge in [-0.05, 0) is 55.6 Å². The predicted molar refractivity (Wildman–Crippen MR) is 170 cm³/mol. The monoisotopic (exact) mass is 619 g/mol. The number of benzene rings is 2. The van der Waals surface area contributed by atoms with Crippen molar-refractivity contribution < 1.29 is 33.2 Å². The molecule has 1 saturated carbocycles. The molecule has 0 unspecified atom stereocenters. The molecule has 1 N–H and O–H groups in total. The highest BCUT2D eigenvalue weighted by atomic mass is 16.5. The van der Waals surface area contributed by atoms with E-state index in [-0.39, 0.29) is 30.4 Å². The van der Waals surface area contributed by atoms with Crippen LogP contribution in [-0.2, 0) is 22.7 Å². The average Bonchev–Trinajstić information content (AvgIpc) is 3.93. The van der Waals surface area contributed by atoms with Crippen molar-refractivity contribution in [2.45, 2.75) is 50.8 Å². The summed E-state index contributed by atoms with van der Waals surface area (Å²) in [7, 11) is 6.55. The SMILES string of the molecule is COCCCOc1cc(CN(C(=O)[C@H]2CNCC[C@@H]2c2cccc(COc3cc(OC)cc(OC)c3)n2)C2CC2)cc(OC)c1. The van der Waals surface area contributed by atoms with Gasteiger partial charge in [0.15, 0.2) is 0 Å². The summed E-state index contributed by atoms with van der Waals surface area (Å²) < 4.78 is 33.5. The first-order valence-electron chi connectivity index (χ1n) is 15.6. The number of rotatable bonds is 16. The number of carbonyl (C=O) groups excluding carboxylic acids is 1. The lowest BCUT2D eigenvalue weighted by Crippen LogP contribution is -2.47. The Kier molecular flexibility index (Phi) is 11.4. The molecule has 10 nitrogen and oxygen atoms in total. The lowest BCUT2D eigenvalue weighted by Gasteiger charge is -2.35. The maximum Gasteiger partial charge on any atom is 0.228 e. The second-order valence-electron chi connectivity index (χ2n) is 11.5. The summed E-state index contributed by atoms with van der Waals surface area (Å²) in [4.78, 5) is 21.3. The number of hydrogen-bond donors (Lipinski definition) is 1. The molecule has 2 aliphatic rings. The second-order valence-corrected chi connectivity index (χ2v) is 11.5. The highest BCUT2D eigenvalue weighted by Gasteiger charge is 2.40. The van der Waals surface area contributed by atoms with Crippen LogP contribution < -0.4 is 29.0 Å². The number of nitrogens with one attached hydrogen (secondary N) is 1. The summed E-state index contributed by atoms with van der Waals surface area (Å²) in [6, 6.07) is 17.5. The lowest BCUT2D eigenvalue weighted by atomic mass is 9.82. The molecule has 1 aliphatic heterocycles. The smallest absolute Gasteiger partial charge is 0.228 e. The number of hydrogen-bond acceptors (Lipinski definition) is 9. The summed E-state index contributed by atoms with van der Waals surface area (Å²) in [6.45, 7) is 3.43. The predicted octanol–water partition coefficient (Wildman–Crippen LogP) is 4.99. The Morgan fingerprint density at radius 1 is 0.844 bits per heavy atom. The van der Waals surface area contributed by atoms with Crippen molar-refractivity contribution in [3.05, 3.63) is 71.5 Å². The van der Waals surface area contributed by atoms with Crippen LogP contribution in [0.4, 0.5) is 0 Å². The van der Waals surface area contributed by atoms with Crippen molar-refractivity contribution >= 4 is 5.91 Å². The van der Waals surface area contributed by atoms with Gasteiger partial charge in [0, 0.05) is 75.1 Å². The summed E-state index contributed by atoms with van der Waals surface area (Å²) in [5.41, 5.74) is 2.71. The maximum absolute atomic E-state index is 14.3. The van der Waals surface area contributed by atoms with Crippen LogP contribution in [0.5, 0.6) is 28.7 Å². The highest BCUT2D eigenvalue weighted by molar-refractivity contribution is 5.81. The van der Waals surface area contributed by atoms with E-state index in [0.717, 1.165) is 54.9 Å². The molecule has 242 valence electrons. The lowest BCUT2D eigenvalue weighted by molar-refractivity contribution is -0.138. The van der Waals surface area contributed by atoms with Crippen LogP contribution in [0.15, 0.2) is 54.6 Å². The number of piperidine rings is 1. The van der Waals surface area contributed by atoms with E-state index < -0.39 is 0 Å². The molecule has 0 radical (unpaired) electrons. The van der Waals surface area contributed by atoms with Gasteiger partial charge < -0.3 is 38.6 Å². The molecule has 2 atom stereocenters. The Morgan fingerprint density at radius 3 is 2.20 bits per heavy atom. The zero-order chi connectivity index (χ0) is 31.6. The largest absolute Gasteiger partial charge is 0.497 e. The zero-order valence-electron chi connectivity index (χ0n) is 26.8. The molecule has 0 bridgehead atoms. The van der Waals surface area contributed by atoms with E-state index in [1.165, 1.54) is 0 Å². The van der Waals surface area contributed by atoms with Crippen LogP contribution >= 0.6 is 0 Å². The Bertz CT molecular complexity index is 1390. The van der Waals surface area contributed by atoms with Crippen LogP contribution in [0.2, 0.25) is 0 Å². The van der Waals surface area contributed by atoms with Crippen LogP contribution in [0.25, 0.3) is 0 Å². The Labute approximate surface area is 265 Å². The molecular weight excluding hydrogens is 574 g/mol. The third kappa shape index (κ3) is 8.79. The average molecular weight is 620 g/mol. The van der Waals surface area contributed by atoms with E-state index in [4.69, 9.17) is 33.4 Å². The van der Waals surface area contributed by atoms with E-state index in [1.54, 1.807) is 34.5 Å². The fourth-order valence-electron chi connectivity index (χ4n) is 5.78. The zero-order valence-corrected chi connectivity index (χ0v) is 26.8. The molecule has 10 heteroatoms. The van der Waals surface area contributed by atoms with Gasteiger partial charge in [0.1, 0.15) is 35.4 Å². The maximum atomic E-state index is 14.3. The van der Waals surface area contributed by atoms with Gasteiger partial charge in [0.2, 0.25) is 5.91 Å². The van der Waals surface area contributed by atoms with E-state index in [0.29, 0.717) is 49.3 Å². The molecule has 5 rings (SSSR count). The first-order valence-corrected chi connectivity index (χ1v) is 15.6. The fraction of sp³-hybridized carbons (Fsp3) is 0.486. The van der Waals surface area contributed by atoms with Gasteiger partial charge in [-0.15, -0.1) is 0 Å². The number of nitrogens with zero attached hydrogens (tertiary/aromatic N) is 2. The second kappa shape index (κ2) is 15.8. The molecule has 1 saturated heterocycles. The fourth-order valence-corrected chi connectivity index (χ4v) is 5.78. The molecule has 2 fully saturated rings. The van der Waals surface area contributed by atoms with Gasteiger partial charge in [-0.25, -0.2) is 0 Å². The van der Waals surface area contributed by atoms with Crippen molar-refractivity contribution in [3.63, 3.8) is 0 Å². The highest BCUT2D eigenvalue weighted by Crippen LogP contribution is 2.36. The van der Waals surface area contributed by atoms with Crippen molar-refractivity contribution in [1.82, 2.24) is 15.2 Å². The molecule has 0 spiro atoms. The molecule has 1 aliphatic carbocycles. The van der Waals surface area contributed by atoms with Crippen molar-refractivity contribution in [1.29, 1.82) is 0 Å². The summed E-state index contributed by atoms with van der Waals surface area (Å²) >= 11 is 0. The first-order chi connectivity index (χ1) is 22.0. The van der Waals surface area contributed by atoms with Crippen LogP contribution in [0.3, 0.4) is 0 Å². The Balaban J connectivity index is 1.30. The molecule has 1 amide bonds. The molecule has 3 aromatic rings. The number of carbonyl (C=O) groups is 1. The molecular formula is C35H45N3O7. The molecule has 45 heavy (non-hydrogen) atoms. The standard InChI is InChI=1S/C35H45N3O7/c1-40-13-6-14-44-30-16-24(15-27(18-30)41-2)22-38(26-9-10-26)35(39)33-21-36-12-11-32(33)34-8-5-7-25(37-34)23-45-31-19-28(42-3)17-29(20-31)43-4/h5,7-8,15-20,26,32-33,36H,6,9-14,21-23H2,1-4H3/t32-,33-/m0/s1. The first kappa shape index (κ1) is 32.4. The number of ether oxygens (including phenoxy) is 6. The van der Waals surface area contributed by atoms with Crippen LogP contribution in [0.1, 0.15) is 48.6 Å². The van der Waals surface area contributed by atoms with Gasteiger partial charge in [-0.1, -0.05) is 6.07 Å². The van der Waals surface area contributed by atoms with Gasteiger partial charge in [-0.2, -0.15) is 0 Å². The normalized spacial score (nSPS) is 17.8. The van der Waals surface area contributed by atoms with E-state index in [9.17, 15) is 4.79 Å². The topological polar surface area (TPSA) is 101 Å². The molecule has 2 aromatic carbocycles. The molecule has 1 aromatic heterocycles. The van der Waals surface area contributed by atoms with Gasteiger partial charge in [0.25, 0.3) is 0 Å². The third-order valence-corrected chi connectivity index (χ3v) is 8.28. The van der Waals surface area contributed by atoms with Crippen LogP contribution in [-0.4, -0.2) is 76.6 Å². The van der Waals surface area contributed by atoms with Gasteiger partial charge in [0.05, 0.1) is 39.5 Å². The molecule has 2 heterocycles. The Hall–Kier alpha value is -4.02. The summed E-state index contributed by atoms with van der Waals surface area (Å²) in [6.07, 6.45) is 3.66. The third-order valence-electron chi connectivity index (χ3n) is 8.28. The minimum atomic E-state index is -0.221.